The minimum Gasteiger partial charge on any atom is -0.481 e. The van der Waals surface area contributed by atoms with Crippen molar-refractivity contribution in [1.82, 2.24) is 0 Å². The third-order valence-corrected chi connectivity index (χ3v) is 9.87. The van der Waals surface area contributed by atoms with E-state index in [1.165, 1.54) is 0 Å². The topological polar surface area (TPSA) is 113 Å². The molecular weight excluding hydrogens is 436 g/mol. The second-order valence-corrected chi connectivity index (χ2v) is 12.0. The van der Waals surface area contributed by atoms with E-state index in [1.807, 2.05) is 0 Å². The molecule has 0 amide bonds. The maximum absolute atomic E-state index is 13.7. The van der Waals surface area contributed by atoms with Gasteiger partial charge in [0.1, 0.15) is 0 Å². The van der Waals surface area contributed by atoms with Crippen LogP contribution in [0, 0.1) is 52.8 Å². The predicted octanol–water partition coefficient (Wildman–Crippen LogP) is 2.69. The fourth-order valence-corrected chi connectivity index (χ4v) is 8.87. The van der Waals surface area contributed by atoms with Crippen molar-refractivity contribution in [3.05, 3.63) is 11.6 Å². The molecule has 0 aromatic rings. The monoisotopic (exact) mass is 476 g/mol. The van der Waals surface area contributed by atoms with Crippen LogP contribution in [0.15, 0.2) is 11.6 Å². The van der Waals surface area contributed by atoms with Gasteiger partial charge in [-0.05, 0) is 74.2 Å². The quantitative estimate of drug-likeness (QED) is 0.540. The first-order chi connectivity index (χ1) is 16.3. The van der Waals surface area contributed by atoms with Crippen LogP contribution in [-0.4, -0.2) is 65.7 Å². The van der Waals surface area contributed by atoms with E-state index in [0.29, 0.717) is 25.6 Å². The van der Waals surface area contributed by atoms with Gasteiger partial charge in [0.25, 0.3) is 0 Å². The van der Waals surface area contributed by atoms with Crippen molar-refractivity contribution >= 4 is 11.8 Å². The SMILES string of the molecule is CC(C)CC1CCC2C3CCC4C5COC[C@]4(C[C@@H](O)[C@@H]5OCCO)C3=CC(=O)C2C1C(=O)O. The van der Waals surface area contributed by atoms with E-state index in [4.69, 9.17) is 9.47 Å². The van der Waals surface area contributed by atoms with Crippen LogP contribution < -0.4 is 0 Å². The van der Waals surface area contributed by atoms with Crippen molar-refractivity contribution in [3.63, 3.8) is 0 Å². The molecule has 4 aliphatic carbocycles. The third-order valence-electron chi connectivity index (χ3n) is 9.87. The molecule has 4 fully saturated rings. The van der Waals surface area contributed by atoms with Crippen molar-refractivity contribution in [1.29, 1.82) is 0 Å². The summed E-state index contributed by atoms with van der Waals surface area (Å²) >= 11 is 0. The Labute approximate surface area is 201 Å². The summed E-state index contributed by atoms with van der Waals surface area (Å²) < 4.78 is 12.0. The maximum atomic E-state index is 13.7. The molecule has 2 bridgehead atoms. The number of hydrogen-bond donors (Lipinski definition) is 3. The van der Waals surface area contributed by atoms with Gasteiger partial charge in [0, 0.05) is 17.3 Å². The number of aliphatic carboxylic acids is 1. The van der Waals surface area contributed by atoms with Gasteiger partial charge in [0.2, 0.25) is 0 Å². The van der Waals surface area contributed by atoms with Gasteiger partial charge in [0.05, 0.1) is 44.6 Å². The van der Waals surface area contributed by atoms with Crippen LogP contribution in [0.25, 0.3) is 0 Å². The molecule has 1 aliphatic heterocycles. The summed E-state index contributed by atoms with van der Waals surface area (Å²) in [6.45, 7) is 5.38. The molecular formula is C27H40O7. The third kappa shape index (κ3) is 3.78. The minimum absolute atomic E-state index is 0.0256. The summed E-state index contributed by atoms with van der Waals surface area (Å²) in [6, 6.07) is 0. The summed E-state index contributed by atoms with van der Waals surface area (Å²) in [5.41, 5.74) is 0.740. The number of aliphatic hydroxyl groups is 2. The van der Waals surface area contributed by atoms with Crippen LogP contribution in [0.2, 0.25) is 0 Å². The smallest absolute Gasteiger partial charge is 0.307 e. The molecule has 7 nitrogen and oxygen atoms in total. The summed E-state index contributed by atoms with van der Waals surface area (Å²) in [6.07, 6.45) is 5.79. The molecule has 7 unspecified atom stereocenters. The molecule has 34 heavy (non-hydrogen) atoms. The molecule has 0 aromatic carbocycles. The lowest BCUT2D eigenvalue weighted by molar-refractivity contribution is -0.216. The van der Waals surface area contributed by atoms with Gasteiger partial charge in [-0.15, -0.1) is 0 Å². The van der Waals surface area contributed by atoms with Crippen molar-refractivity contribution in [3.8, 4) is 0 Å². The van der Waals surface area contributed by atoms with E-state index in [-0.39, 0.29) is 60.1 Å². The number of ketones is 1. The van der Waals surface area contributed by atoms with Gasteiger partial charge in [-0.2, -0.15) is 0 Å². The lowest BCUT2D eigenvalue weighted by atomic mass is 9.45. The molecule has 3 saturated carbocycles. The summed E-state index contributed by atoms with van der Waals surface area (Å²) in [7, 11) is 0. The normalized spacial score (nSPS) is 45.7. The van der Waals surface area contributed by atoms with Crippen LogP contribution in [0.5, 0.6) is 0 Å². The predicted molar refractivity (Wildman–Crippen MR) is 124 cm³/mol. The van der Waals surface area contributed by atoms with Crippen LogP contribution in [0.3, 0.4) is 0 Å². The van der Waals surface area contributed by atoms with Crippen molar-refractivity contribution in [2.24, 2.45) is 52.8 Å². The standard InChI is InChI=1S/C27H40O7/c1-14(2)9-15-3-4-17-16-5-6-19-18-12-33-13-27(19,11-22(30)25(18)34-8-7-28)20(16)10-21(29)24(17)23(15)26(31)32/h10,14-19,22-25,28,30H,3-9,11-13H2,1-2H3,(H,31,32)/t15?,16?,17?,18?,19?,22-,23?,24?,25-,27+/m1/s1. The number of ether oxygens (including phenoxy) is 2. The van der Waals surface area contributed by atoms with E-state index < -0.39 is 23.9 Å². The molecule has 5 rings (SSSR count). The highest BCUT2D eigenvalue weighted by Gasteiger charge is 2.63. The molecule has 0 aromatic heterocycles. The molecule has 1 heterocycles. The minimum atomic E-state index is -0.824. The number of rotatable bonds is 6. The molecule has 0 radical (unpaired) electrons. The number of carbonyl (C=O) groups excluding carboxylic acids is 1. The number of allylic oxidation sites excluding steroid dienone is 1. The fraction of sp³-hybridized carbons (Fsp3) is 0.852. The summed E-state index contributed by atoms with van der Waals surface area (Å²) in [5.74, 6) is -0.883. The van der Waals surface area contributed by atoms with Gasteiger partial charge in [-0.1, -0.05) is 19.4 Å². The Morgan fingerprint density at radius 1 is 1.24 bits per heavy atom. The second-order valence-electron chi connectivity index (χ2n) is 12.0. The summed E-state index contributed by atoms with van der Waals surface area (Å²) in [4.78, 5) is 26.1. The van der Waals surface area contributed by atoms with Crippen LogP contribution >= 0.6 is 0 Å². The molecule has 0 spiro atoms. The second kappa shape index (κ2) is 9.30. The largest absolute Gasteiger partial charge is 0.481 e. The molecule has 1 saturated heterocycles. The van der Waals surface area contributed by atoms with Crippen molar-refractivity contribution in [2.45, 2.75) is 64.6 Å². The Morgan fingerprint density at radius 3 is 2.74 bits per heavy atom. The number of fused-ring (bicyclic) bond motifs is 3. The first-order valence-electron chi connectivity index (χ1n) is 13.3. The number of carbonyl (C=O) groups is 2. The average Bonchev–Trinajstić information content (AvgIpc) is 2.78. The van der Waals surface area contributed by atoms with E-state index in [9.17, 15) is 24.9 Å². The molecule has 190 valence electrons. The first-order valence-corrected chi connectivity index (χ1v) is 13.3. The Hall–Kier alpha value is -1.28. The van der Waals surface area contributed by atoms with Gasteiger partial charge in [-0.3, -0.25) is 9.59 Å². The van der Waals surface area contributed by atoms with Gasteiger partial charge < -0.3 is 24.8 Å². The van der Waals surface area contributed by atoms with Crippen LogP contribution in [0.1, 0.15) is 52.4 Å². The van der Waals surface area contributed by atoms with Gasteiger partial charge >= 0.3 is 5.97 Å². The Balaban J connectivity index is 1.49. The van der Waals surface area contributed by atoms with Gasteiger partial charge in [-0.25, -0.2) is 0 Å². The fourth-order valence-electron chi connectivity index (χ4n) is 8.87. The van der Waals surface area contributed by atoms with E-state index in [0.717, 1.165) is 37.7 Å². The number of aliphatic hydroxyl groups excluding tert-OH is 2. The van der Waals surface area contributed by atoms with Crippen LogP contribution in [0.4, 0.5) is 0 Å². The van der Waals surface area contributed by atoms with Gasteiger partial charge in [0.15, 0.2) is 5.78 Å². The highest BCUT2D eigenvalue weighted by Crippen LogP contribution is 2.64. The zero-order valence-electron chi connectivity index (χ0n) is 20.4. The summed E-state index contributed by atoms with van der Waals surface area (Å²) in [5, 5.41) is 30.5. The Bertz CT molecular complexity index is 837. The van der Waals surface area contributed by atoms with Crippen LogP contribution in [-0.2, 0) is 19.1 Å². The zero-order chi connectivity index (χ0) is 24.2. The van der Waals surface area contributed by atoms with E-state index in [2.05, 4.69) is 13.8 Å². The molecule has 10 atom stereocenters. The molecule has 7 heteroatoms. The lowest BCUT2D eigenvalue weighted by Gasteiger charge is -2.62. The van der Waals surface area contributed by atoms with E-state index >= 15 is 0 Å². The van der Waals surface area contributed by atoms with E-state index in [1.54, 1.807) is 6.08 Å². The number of carboxylic acid groups (broad SMARTS) is 1. The highest BCUT2D eigenvalue weighted by atomic mass is 16.5. The maximum Gasteiger partial charge on any atom is 0.307 e. The van der Waals surface area contributed by atoms with Crippen molar-refractivity contribution in [2.75, 3.05) is 26.4 Å². The Morgan fingerprint density at radius 2 is 2.03 bits per heavy atom. The molecule has 5 aliphatic rings. The average molecular weight is 477 g/mol. The zero-order valence-corrected chi connectivity index (χ0v) is 20.4. The van der Waals surface area contributed by atoms with Crippen molar-refractivity contribution < 1.29 is 34.4 Å². The number of carboxylic acids is 1. The highest BCUT2D eigenvalue weighted by molar-refractivity contribution is 5.97. The number of hydrogen-bond acceptors (Lipinski definition) is 6. The molecule has 3 N–H and O–H groups in total. The Kier molecular flexibility index (Phi) is 6.68. The first kappa shape index (κ1) is 24.4. The lowest BCUT2D eigenvalue weighted by Crippen LogP contribution is -2.64.